The molecule has 98 valence electrons. The Morgan fingerprint density at radius 2 is 2.26 bits per heavy atom. The van der Waals surface area contributed by atoms with Crippen molar-refractivity contribution in [2.24, 2.45) is 5.10 Å². The van der Waals surface area contributed by atoms with E-state index in [-0.39, 0.29) is 5.91 Å². The number of hydrogen-bond donors (Lipinski definition) is 2. The van der Waals surface area contributed by atoms with Gasteiger partial charge in [-0.1, -0.05) is 41.2 Å². The van der Waals surface area contributed by atoms with Crippen LogP contribution in [0.1, 0.15) is 26.5 Å². The number of thiazole rings is 1. The second-order valence-electron chi connectivity index (χ2n) is 4.08. The van der Waals surface area contributed by atoms with Crippen molar-refractivity contribution >= 4 is 28.6 Å². The highest BCUT2D eigenvalue weighted by molar-refractivity contribution is 7.17. The van der Waals surface area contributed by atoms with Crippen molar-refractivity contribution in [3.63, 3.8) is 0 Å². The Bertz CT molecular complexity index is 633. The molecule has 6 heteroatoms. The second kappa shape index (κ2) is 5.62. The van der Waals surface area contributed by atoms with Gasteiger partial charge in [0.25, 0.3) is 5.91 Å². The molecule has 3 N–H and O–H groups in total. The second-order valence-corrected chi connectivity index (χ2v) is 5.11. The summed E-state index contributed by atoms with van der Waals surface area (Å²) in [5, 5.41) is 4.30. The summed E-state index contributed by atoms with van der Waals surface area (Å²) in [6.07, 6.45) is 1.60. The van der Waals surface area contributed by atoms with Crippen LogP contribution < -0.4 is 11.2 Å². The Balaban J connectivity index is 2.03. The largest absolute Gasteiger partial charge is 0.375 e. The molecule has 19 heavy (non-hydrogen) atoms. The van der Waals surface area contributed by atoms with Crippen LogP contribution in [0.3, 0.4) is 0 Å². The maximum absolute atomic E-state index is 11.8. The van der Waals surface area contributed by atoms with Gasteiger partial charge < -0.3 is 5.73 Å². The van der Waals surface area contributed by atoms with Gasteiger partial charge in [0.15, 0.2) is 5.13 Å². The summed E-state index contributed by atoms with van der Waals surface area (Å²) in [5.74, 6) is -0.296. The lowest BCUT2D eigenvalue weighted by molar-refractivity contribution is 0.0958. The molecule has 0 radical (unpaired) electrons. The summed E-state index contributed by atoms with van der Waals surface area (Å²) in [6.45, 7) is 3.74. The van der Waals surface area contributed by atoms with Crippen molar-refractivity contribution in [3.8, 4) is 0 Å². The van der Waals surface area contributed by atoms with Crippen LogP contribution in [-0.4, -0.2) is 17.1 Å². The van der Waals surface area contributed by atoms with Crippen LogP contribution in [0.15, 0.2) is 29.4 Å². The molecule has 0 aliphatic heterocycles. The van der Waals surface area contributed by atoms with E-state index in [1.165, 1.54) is 0 Å². The molecule has 0 aliphatic rings. The fraction of sp³-hybridized carbons (Fsp3) is 0.154. The third-order valence-electron chi connectivity index (χ3n) is 2.44. The lowest BCUT2D eigenvalue weighted by atomic mass is 10.2. The Labute approximate surface area is 115 Å². The zero-order valence-electron chi connectivity index (χ0n) is 10.7. The lowest BCUT2D eigenvalue weighted by Gasteiger charge is -1.97. The highest BCUT2D eigenvalue weighted by Crippen LogP contribution is 2.19. The minimum atomic E-state index is -0.296. The van der Waals surface area contributed by atoms with Crippen LogP contribution in [0, 0.1) is 13.8 Å². The Hall–Kier alpha value is -2.21. The van der Waals surface area contributed by atoms with Gasteiger partial charge >= 0.3 is 0 Å². The number of nitrogens with one attached hydrogen (secondary N) is 1. The number of rotatable bonds is 3. The average Bonchev–Trinajstić information content (AvgIpc) is 2.68. The van der Waals surface area contributed by atoms with Crippen molar-refractivity contribution in [3.05, 3.63) is 46.0 Å². The summed E-state index contributed by atoms with van der Waals surface area (Å²) in [5.41, 5.74) is 10.7. The number of anilines is 1. The van der Waals surface area contributed by atoms with E-state index in [1.54, 1.807) is 13.1 Å². The van der Waals surface area contributed by atoms with Gasteiger partial charge in [-0.3, -0.25) is 4.79 Å². The number of nitrogens with zero attached hydrogens (tertiary/aromatic N) is 2. The maximum Gasteiger partial charge on any atom is 0.283 e. The third-order valence-corrected chi connectivity index (χ3v) is 3.43. The van der Waals surface area contributed by atoms with Crippen molar-refractivity contribution < 1.29 is 4.79 Å². The highest BCUT2D eigenvalue weighted by atomic mass is 32.1. The molecule has 0 unspecified atom stereocenters. The number of amides is 1. The number of carbonyl (C=O) groups is 1. The molecule has 1 heterocycles. The number of hydrazone groups is 1. The molecule has 5 nitrogen and oxygen atoms in total. The molecule has 1 aromatic carbocycles. The average molecular weight is 274 g/mol. The van der Waals surface area contributed by atoms with Crippen LogP contribution in [-0.2, 0) is 0 Å². The monoisotopic (exact) mass is 274 g/mol. The summed E-state index contributed by atoms with van der Waals surface area (Å²) in [7, 11) is 0. The normalized spacial score (nSPS) is 10.8. The van der Waals surface area contributed by atoms with Gasteiger partial charge in [0.2, 0.25) is 0 Å². The predicted molar refractivity (Wildman–Crippen MR) is 77.5 cm³/mol. The molecule has 1 amide bonds. The Kier molecular flexibility index (Phi) is 3.91. The maximum atomic E-state index is 11.8. The van der Waals surface area contributed by atoms with Crippen molar-refractivity contribution in [2.45, 2.75) is 13.8 Å². The molecule has 0 aliphatic carbocycles. The zero-order valence-corrected chi connectivity index (χ0v) is 11.5. The topological polar surface area (TPSA) is 80.4 Å². The van der Waals surface area contributed by atoms with Gasteiger partial charge in [-0.15, -0.1) is 0 Å². The van der Waals surface area contributed by atoms with E-state index >= 15 is 0 Å². The first kappa shape index (κ1) is 13.2. The summed E-state index contributed by atoms with van der Waals surface area (Å²) in [4.78, 5) is 16.3. The number of carbonyl (C=O) groups excluding carboxylic acids is 1. The predicted octanol–water partition coefficient (Wildman–Crippen LogP) is 2.11. The minimum absolute atomic E-state index is 0.296. The first-order valence-corrected chi connectivity index (χ1v) is 6.51. The molecule has 2 rings (SSSR count). The number of nitrogen functional groups attached to an aromatic ring is 1. The summed E-state index contributed by atoms with van der Waals surface area (Å²) >= 11 is 1.15. The van der Waals surface area contributed by atoms with E-state index in [0.717, 1.165) is 22.5 Å². The van der Waals surface area contributed by atoms with E-state index < -0.39 is 0 Å². The van der Waals surface area contributed by atoms with Gasteiger partial charge in [0.1, 0.15) is 4.88 Å². The van der Waals surface area contributed by atoms with E-state index in [9.17, 15) is 4.79 Å². The molecular formula is C13H14N4OS. The van der Waals surface area contributed by atoms with Gasteiger partial charge in [0.05, 0.1) is 11.9 Å². The standard InChI is InChI=1S/C13H14N4OS/c1-8-4-3-5-10(6-8)7-15-17-12(18)11-9(2)16-13(14)19-11/h3-7H,1-2H3,(H2,14,16)(H,17,18)/b15-7+. The molecule has 0 spiro atoms. The summed E-state index contributed by atoms with van der Waals surface area (Å²) < 4.78 is 0. The number of aromatic nitrogens is 1. The van der Waals surface area contributed by atoms with Crippen LogP contribution in [0.5, 0.6) is 0 Å². The number of nitrogens with two attached hydrogens (primary N) is 1. The summed E-state index contributed by atoms with van der Waals surface area (Å²) in [6, 6.07) is 7.83. The number of hydrogen-bond acceptors (Lipinski definition) is 5. The van der Waals surface area contributed by atoms with Crippen LogP contribution in [0.2, 0.25) is 0 Å². The molecule has 1 aromatic heterocycles. The fourth-order valence-corrected chi connectivity index (χ4v) is 2.32. The zero-order chi connectivity index (χ0) is 13.8. The highest BCUT2D eigenvalue weighted by Gasteiger charge is 2.12. The van der Waals surface area contributed by atoms with Crippen molar-refractivity contribution in [1.29, 1.82) is 0 Å². The van der Waals surface area contributed by atoms with E-state index in [4.69, 9.17) is 5.73 Å². The molecule has 0 saturated carbocycles. The van der Waals surface area contributed by atoms with Crippen LogP contribution in [0.25, 0.3) is 0 Å². The molecule has 0 fully saturated rings. The molecule has 0 atom stereocenters. The molecule has 0 saturated heterocycles. The van der Waals surface area contributed by atoms with Gasteiger partial charge in [-0.2, -0.15) is 5.10 Å². The molecular weight excluding hydrogens is 260 g/mol. The fourth-order valence-electron chi connectivity index (χ4n) is 1.59. The Morgan fingerprint density at radius 3 is 2.89 bits per heavy atom. The minimum Gasteiger partial charge on any atom is -0.375 e. The third kappa shape index (κ3) is 3.38. The van der Waals surface area contributed by atoms with E-state index in [0.29, 0.717) is 15.7 Å². The van der Waals surface area contributed by atoms with Crippen LogP contribution in [0.4, 0.5) is 5.13 Å². The van der Waals surface area contributed by atoms with Crippen molar-refractivity contribution in [2.75, 3.05) is 5.73 Å². The van der Waals surface area contributed by atoms with E-state index in [1.807, 2.05) is 31.2 Å². The quantitative estimate of drug-likeness (QED) is 0.664. The first-order chi connectivity index (χ1) is 9.06. The van der Waals surface area contributed by atoms with Gasteiger partial charge in [-0.25, -0.2) is 10.4 Å². The molecule has 0 bridgehead atoms. The SMILES string of the molecule is Cc1cccc(/C=N/NC(=O)c2sc(N)nc2C)c1. The number of aryl methyl sites for hydroxylation is 2. The smallest absolute Gasteiger partial charge is 0.283 e. The number of benzene rings is 1. The Morgan fingerprint density at radius 1 is 1.47 bits per heavy atom. The van der Waals surface area contributed by atoms with Crippen LogP contribution >= 0.6 is 11.3 Å². The first-order valence-electron chi connectivity index (χ1n) is 5.69. The molecule has 2 aromatic rings. The lowest BCUT2D eigenvalue weighted by Crippen LogP contribution is -2.17. The van der Waals surface area contributed by atoms with E-state index in [2.05, 4.69) is 15.5 Å². The van der Waals surface area contributed by atoms with Crippen molar-refractivity contribution in [1.82, 2.24) is 10.4 Å². The van der Waals surface area contributed by atoms with Gasteiger partial charge in [0, 0.05) is 0 Å². The van der Waals surface area contributed by atoms with Gasteiger partial charge in [-0.05, 0) is 19.4 Å².